The second-order valence-corrected chi connectivity index (χ2v) is 6.92. The average Bonchev–Trinajstić information content (AvgIpc) is 2.83. The molecule has 1 aromatic heterocycles. The minimum Gasteiger partial charge on any atom is -0.481 e. The van der Waals surface area contributed by atoms with E-state index >= 15 is 0 Å². The summed E-state index contributed by atoms with van der Waals surface area (Å²) in [5, 5.41) is 9.31. The number of rotatable bonds is 8. The Balaban J connectivity index is 3.04. The summed E-state index contributed by atoms with van der Waals surface area (Å²) in [6.45, 7) is 3.16. The van der Waals surface area contributed by atoms with E-state index in [4.69, 9.17) is 5.73 Å². The Bertz CT molecular complexity index is 674. The number of aryl methyl sites for hydroxylation is 1. The number of sulfonamides is 1. The fourth-order valence-electron chi connectivity index (χ4n) is 2.12. The van der Waals surface area contributed by atoms with Crippen LogP contribution in [-0.2, 0) is 21.9 Å². The van der Waals surface area contributed by atoms with Gasteiger partial charge in [0.05, 0.1) is 5.41 Å². The monoisotopic (exact) mass is 331 g/mol. The Morgan fingerprint density at radius 1 is 1.36 bits per heavy atom. The minimum atomic E-state index is -3.92. The largest absolute Gasteiger partial charge is 0.481 e. The molecule has 0 atom stereocenters. The first kappa shape index (κ1) is 18.2. The molecule has 4 N–H and O–H groups in total. The zero-order valence-electron chi connectivity index (χ0n) is 12.8. The van der Waals surface area contributed by atoms with Gasteiger partial charge >= 0.3 is 5.97 Å². The SMILES string of the molecule is CCC(CC)(CNS(=O)(=O)c1cc(C(N)=O)n(C)c1)C(=O)O. The zero-order chi connectivity index (χ0) is 17.1. The van der Waals surface area contributed by atoms with Crippen molar-refractivity contribution in [3.05, 3.63) is 18.0 Å². The van der Waals surface area contributed by atoms with Crippen LogP contribution in [0, 0.1) is 5.41 Å². The van der Waals surface area contributed by atoms with Gasteiger partial charge in [-0.25, -0.2) is 13.1 Å². The average molecular weight is 331 g/mol. The molecule has 9 heteroatoms. The predicted molar refractivity (Wildman–Crippen MR) is 79.8 cm³/mol. The van der Waals surface area contributed by atoms with Crippen molar-refractivity contribution in [2.24, 2.45) is 18.2 Å². The molecule has 1 aromatic rings. The van der Waals surface area contributed by atoms with Gasteiger partial charge in [-0.3, -0.25) is 9.59 Å². The number of nitrogens with two attached hydrogens (primary N) is 1. The number of aromatic nitrogens is 1. The Hall–Kier alpha value is -1.87. The quantitative estimate of drug-likeness (QED) is 0.630. The van der Waals surface area contributed by atoms with Crippen molar-refractivity contribution in [2.45, 2.75) is 31.6 Å². The van der Waals surface area contributed by atoms with Gasteiger partial charge in [-0.2, -0.15) is 0 Å². The van der Waals surface area contributed by atoms with Gasteiger partial charge in [-0.15, -0.1) is 0 Å². The van der Waals surface area contributed by atoms with Crippen LogP contribution in [0.15, 0.2) is 17.2 Å². The number of aliphatic carboxylic acids is 1. The lowest BCUT2D eigenvalue weighted by Crippen LogP contribution is -2.42. The van der Waals surface area contributed by atoms with Crippen LogP contribution in [0.5, 0.6) is 0 Å². The lowest BCUT2D eigenvalue weighted by atomic mass is 9.83. The fourth-order valence-corrected chi connectivity index (χ4v) is 3.32. The second-order valence-electron chi connectivity index (χ2n) is 5.15. The van der Waals surface area contributed by atoms with Crippen LogP contribution in [0.2, 0.25) is 0 Å². The molecule has 0 saturated carbocycles. The minimum absolute atomic E-state index is 0.0517. The molecule has 0 radical (unpaired) electrons. The zero-order valence-corrected chi connectivity index (χ0v) is 13.6. The van der Waals surface area contributed by atoms with Crippen LogP contribution in [0.25, 0.3) is 0 Å². The number of nitrogens with one attached hydrogen (secondary N) is 1. The van der Waals surface area contributed by atoms with Crippen LogP contribution in [0.1, 0.15) is 37.2 Å². The molecule has 22 heavy (non-hydrogen) atoms. The first-order valence-electron chi connectivity index (χ1n) is 6.79. The van der Waals surface area contributed by atoms with Crippen molar-refractivity contribution in [1.29, 1.82) is 0 Å². The van der Waals surface area contributed by atoms with Crippen LogP contribution >= 0.6 is 0 Å². The van der Waals surface area contributed by atoms with Gasteiger partial charge in [0.15, 0.2) is 0 Å². The van der Waals surface area contributed by atoms with Crippen molar-refractivity contribution in [3.63, 3.8) is 0 Å². The number of amides is 1. The molecular formula is C13H21N3O5S. The molecule has 0 aliphatic rings. The highest BCUT2D eigenvalue weighted by Crippen LogP contribution is 2.26. The number of carbonyl (C=O) groups is 2. The second kappa shape index (κ2) is 6.49. The number of carboxylic acids is 1. The summed E-state index contributed by atoms with van der Waals surface area (Å²) in [4.78, 5) is 22.4. The standard InChI is InChI=1S/C13H21N3O5S/c1-4-13(5-2,12(18)19)8-15-22(20,21)9-6-10(11(14)17)16(3)7-9/h6-7,15H,4-5,8H2,1-3H3,(H2,14,17)(H,18,19). The molecule has 0 aliphatic heterocycles. The van der Waals surface area contributed by atoms with E-state index < -0.39 is 27.3 Å². The van der Waals surface area contributed by atoms with Crippen LogP contribution in [-0.4, -0.2) is 36.5 Å². The molecule has 124 valence electrons. The summed E-state index contributed by atoms with van der Waals surface area (Å²) >= 11 is 0. The van der Waals surface area contributed by atoms with Gasteiger partial charge in [0.2, 0.25) is 10.0 Å². The summed E-state index contributed by atoms with van der Waals surface area (Å²) in [6, 6.07) is 1.16. The van der Waals surface area contributed by atoms with Crippen molar-refractivity contribution >= 4 is 21.9 Å². The van der Waals surface area contributed by atoms with Crippen molar-refractivity contribution in [3.8, 4) is 0 Å². The molecule has 0 spiro atoms. The lowest BCUT2D eigenvalue weighted by Gasteiger charge is -2.26. The highest BCUT2D eigenvalue weighted by molar-refractivity contribution is 7.89. The van der Waals surface area contributed by atoms with Crippen molar-refractivity contribution in [1.82, 2.24) is 9.29 Å². The molecule has 1 heterocycles. The first-order chi connectivity index (χ1) is 10.1. The van der Waals surface area contributed by atoms with E-state index in [-0.39, 0.29) is 17.1 Å². The Morgan fingerprint density at radius 3 is 2.27 bits per heavy atom. The maximum absolute atomic E-state index is 12.3. The molecular weight excluding hydrogens is 310 g/mol. The third-order valence-electron chi connectivity index (χ3n) is 3.95. The third-order valence-corrected chi connectivity index (χ3v) is 5.32. The summed E-state index contributed by atoms with van der Waals surface area (Å²) in [6.07, 6.45) is 1.84. The van der Waals surface area contributed by atoms with Crippen LogP contribution in [0.4, 0.5) is 0 Å². The maximum atomic E-state index is 12.3. The molecule has 1 amide bonds. The van der Waals surface area contributed by atoms with Gasteiger partial charge in [0.1, 0.15) is 10.6 Å². The smallest absolute Gasteiger partial charge is 0.310 e. The molecule has 8 nitrogen and oxygen atoms in total. The van der Waals surface area contributed by atoms with Gasteiger partial charge in [-0.05, 0) is 18.9 Å². The highest BCUT2D eigenvalue weighted by atomic mass is 32.2. The summed E-state index contributed by atoms with van der Waals surface area (Å²) < 4.78 is 28.1. The van der Waals surface area contributed by atoms with Crippen LogP contribution in [0.3, 0.4) is 0 Å². The van der Waals surface area contributed by atoms with Crippen LogP contribution < -0.4 is 10.5 Å². The van der Waals surface area contributed by atoms with E-state index in [1.165, 1.54) is 17.8 Å². The molecule has 0 aliphatic carbocycles. The van der Waals surface area contributed by atoms with Gasteiger partial charge in [0.25, 0.3) is 5.91 Å². The van der Waals surface area contributed by atoms with Gasteiger partial charge < -0.3 is 15.4 Å². The van der Waals surface area contributed by atoms with E-state index in [2.05, 4.69) is 4.72 Å². The molecule has 1 rings (SSSR count). The van der Waals surface area contributed by atoms with Crippen molar-refractivity contribution < 1.29 is 23.1 Å². The van der Waals surface area contributed by atoms with E-state index in [0.717, 1.165) is 6.07 Å². The normalized spacial score (nSPS) is 12.3. The van der Waals surface area contributed by atoms with Gasteiger partial charge in [-0.1, -0.05) is 13.8 Å². The van der Waals surface area contributed by atoms with E-state index in [1.54, 1.807) is 13.8 Å². The first-order valence-corrected chi connectivity index (χ1v) is 8.27. The molecule has 0 bridgehead atoms. The summed E-state index contributed by atoms with van der Waals surface area (Å²) in [7, 11) is -2.43. The van der Waals surface area contributed by atoms with E-state index in [9.17, 15) is 23.1 Å². The number of hydrogen-bond donors (Lipinski definition) is 3. The predicted octanol–water partition coefficient (Wildman–Crippen LogP) is 0.293. The van der Waals surface area contributed by atoms with E-state index in [1.807, 2.05) is 0 Å². The Kier molecular flexibility index (Phi) is 5.36. The molecule has 0 saturated heterocycles. The fraction of sp³-hybridized carbons (Fsp3) is 0.538. The highest BCUT2D eigenvalue weighted by Gasteiger charge is 2.36. The molecule has 0 fully saturated rings. The summed E-state index contributed by atoms with van der Waals surface area (Å²) in [5.41, 5.74) is 4.04. The maximum Gasteiger partial charge on any atom is 0.310 e. The number of hydrogen-bond acceptors (Lipinski definition) is 4. The summed E-state index contributed by atoms with van der Waals surface area (Å²) in [5.74, 6) is -1.79. The lowest BCUT2D eigenvalue weighted by molar-refractivity contribution is -0.149. The Morgan fingerprint density at radius 2 is 1.91 bits per heavy atom. The third kappa shape index (κ3) is 3.47. The van der Waals surface area contributed by atoms with E-state index in [0.29, 0.717) is 12.8 Å². The van der Waals surface area contributed by atoms with Crippen molar-refractivity contribution in [2.75, 3.05) is 6.54 Å². The topological polar surface area (TPSA) is 131 Å². The number of carboxylic acid groups (broad SMARTS) is 1. The Labute approximate surface area is 129 Å². The number of carbonyl (C=O) groups excluding carboxylic acids is 1. The molecule has 0 aromatic carbocycles. The number of nitrogens with zero attached hydrogens (tertiary/aromatic N) is 1. The number of primary amides is 1. The molecule has 0 unspecified atom stereocenters. The van der Waals surface area contributed by atoms with Gasteiger partial charge in [0, 0.05) is 19.8 Å².